The van der Waals surface area contributed by atoms with Crippen LogP contribution < -0.4 is 20.7 Å². The van der Waals surface area contributed by atoms with Crippen LogP contribution in [0.4, 0.5) is 5.13 Å². The highest BCUT2D eigenvalue weighted by atomic mass is 32.2. The molecular weight excluding hydrogens is 508 g/mol. The van der Waals surface area contributed by atoms with Gasteiger partial charge in [0.15, 0.2) is 29.8 Å². The van der Waals surface area contributed by atoms with Crippen LogP contribution in [0, 0.1) is 6.92 Å². The number of carbonyl (C=O) groups excluding carboxylic acids is 3. The number of pyridine rings is 1. The molecule has 1 unspecified atom stereocenters. The summed E-state index contributed by atoms with van der Waals surface area (Å²) in [4.78, 5) is 47.9. The number of amides is 2. The van der Waals surface area contributed by atoms with Gasteiger partial charge in [0.05, 0.1) is 17.1 Å². The van der Waals surface area contributed by atoms with E-state index in [-0.39, 0.29) is 28.8 Å². The predicted octanol–water partition coefficient (Wildman–Crippen LogP) is -0.478. The number of fused-ring (bicyclic) bond motifs is 2. The van der Waals surface area contributed by atoms with Gasteiger partial charge in [0.1, 0.15) is 35.6 Å². The molecule has 0 saturated carbocycles. The van der Waals surface area contributed by atoms with Crippen LogP contribution in [-0.2, 0) is 25.8 Å². The summed E-state index contributed by atoms with van der Waals surface area (Å²) < 4.78 is 7.41. The molecule has 3 N–H and O–H groups in total. The number of carboxylic acids is 1. The zero-order valence-corrected chi connectivity index (χ0v) is 20.7. The molecule has 0 radical (unpaired) electrons. The molecule has 36 heavy (non-hydrogen) atoms. The second-order valence-electron chi connectivity index (χ2n) is 8.09. The minimum Gasteiger partial charge on any atom is -0.543 e. The number of thiazole rings is 1. The SMILES string of the molecule is CON=C(C(=O)NC1C(=O)N2C(C(=O)[O-])=C(C[n+]3ccc4oc(C)cc4c3)CS[C@@H]12)c1csc(N)n1. The second-order valence-corrected chi connectivity index (χ2v) is 10.1. The number of carboxylic acid groups (broad SMARTS) is 1. The number of nitrogen functional groups attached to an aromatic ring is 1. The fourth-order valence-corrected chi connectivity index (χ4v) is 6.06. The molecule has 1 saturated heterocycles. The molecule has 0 aliphatic carbocycles. The Bertz CT molecular complexity index is 1460. The second kappa shape index (κ2) is 9.28. The van der Waals surface area contributed by atoms with Gasteiger partial charge >= 0.3 is 0 Å². The minimum atomic E-state index is -1.45. The van der Waals surface area contributed by atoms with Crippen molar-refractivity contribution in [1.82, 2.24) is 15.2 Å². The molecule has 2 atom stereocenters. The van der Waals surface area contributed by atoms with Crippen LogP contribution in [0.1, 0.15) is 11.5 Å². The van der Waals surface area contributed by atoms with E-state index in [0.29, 0.717) is 11.3 Å². The highest BCUT2D eigenvalue weighted by molar-refractivity contribution is 8.00. The molecule has 0 aromatic carbocycles. The van der Waals surface area contributed by atoms with Gasteiger partial charge in [0.2, 0.25) is 0 Å². The molecule has 186 valence electrons. The Kier molecular flexibility index (Phi) is 6.14. The smallest absolute Gasteiger partial charge is 0.276 e. The molecule has 2 aliphatic heterocycles. The van der Waals surface area contributed by atoms with Crippen molar-refractivity contribution >= 4 is 62.7 Å². The van der Waals surface area contributed by atoms with Gasteiger partial charge in [-0.3, -0.25) is 14.5 Å². The van der Waals surface area contributed by atoms with Crippen molar-refractivity contribution in [3.05, 3.63) is 52.6 Å². The molecule has 3 aromatic rings. The molecule has 1 fully saturated rings. The summed E-state index contributed by atoms with van der Waals surface area (Å²) in [6.45, 7) is 2.10. The first-order valence-corrected chi connectivity index (χ1v) is 12.6. The molecular formula is C22H20N6O6S2. The van der Waals surface area contributed by atoms with Crippen molar-refractivity contribution in [3.63, 3.8) is 0 Å². The first kappa shape index (κ1) is 23.8. The number of hydrogen-bond acceptors (Lipinski definition) is 11. The topological polar surface area (TPSA) is 167 Å². The largest absolute Gasteiger partial charge is 0.543 e. The van der Waals surface area contributed by atoms with Crippen molar-refractivity contribution < 1.29 is 33.3 Å². The zero-order valence-electron chi connectivity index (χ0n) is 19.1. The number of hydrogen-bond donors (Lipinski definition) is 2. The Morgan fingerprint density at radius 3 is 2.97 bits per heavy atom. The van der Waals surface area contributed by atoms with Crippen molar-refractivity contribution in [1.29, 1.82) is 0 Å². The average molecular weight is 529 g/mol. The summed E-state index contributed by atoms with van der Waals surface area (Å²) in [5, 5.41) is 20.5. The lowest BCUT2D eigenvalue weighted by Crippen LogP contribution is -2.71. The molecule has 0 bridgehead atoms. The van der Waals surface area contributed by atoms with Gasteiger partial charge in [-0.05, 0) is 13.0 Å². The van der Waals surface area contributed by atoms with E-state index >= 15 is 0 Å². The Morgan fingerprint density at radius 2 is 2.28 bits per heavy atom. The monoisotopic (exact) mass is 528 g/mol. The van der Waals surface area contributed by atoms with E-state index < -0.39 is 29.2 Å². The molecule has 5 rings (SSSR count). The fraction of sp³-hybridized carbons (Fsp3) is 0.273. The van der Waals surface area contributed by atoms with Gasteiger partial charge in [-0.2, -0.15) is 0 Å². The van der Waals surface area contributed by atoms with Gasteiger partial charge in [0.25, 0.3) is 11.8 Å². The van der Waals surface area contributed by atoms with E-state index in [2.05, 4.69) is 15.5 Å². The number of nitrogens with one attached hydrogen (secondary N) is 1. The summed E-state index contributed by atoms with van der Waals surface area (Å²) >= 11 is 2.48. The standard InChI is InChI=1S/C22H20N6O6S2/c1-10-5-11-6-27(4-3-14(11)34-10)7-12-8-35-20-16(19(30)28(20)17(12)21(31)32)25-18(29)15(26-33-2)13-9-36-22(23)24-13/h3-6,9,16,20H,7-8H2,1-2H3,(H3-,23,24,25,29,31,32)/t16?,20-/m0/s1. The van der Waals surface area contributed by atoms with E-state index in [0.717, 1.165) is 28.1 Å². The van der Waals surface area contributed by atoms with Gasteiger partial charge in [0, 0.05) is 22.8 Å². The van der Waals surface area contributed by atoms with Crippen LogP contribution in [0.15, 0.2) is 50.7 Å². The quantitative estimate of drug-likeness (QED) is 0.178. The maximum absolute atomic E-state index is 13.0. The number of aliphatic carboxylic acids is 1. The third kappa shape index (κ3) is 4.18. The molecule has 14 heteroatoms. The maximum atomic E-state index is 13.0. The number of thioether (sulfide) groups is 1. The normalized spacial score (nSPS) is 19.8. The minimum absolute atomic E-state index is 0.143. The van der Waals surface area contributed by atoms with Crippen molar-refractivity contribution in [2.45, 2.75) is 24.9 Å². The van der Waals surface area contributed by atoms with Crippen LogP contribution in [0.25, 0.3) is 11.0 Å². The zero-order chi connectivity index (χ0) is 25.6. The first-order valence-electron chi connectivity index (χ1n) is 10.7. The van der Waals surface area contributed by atoms with E-state index in [4.69, 9.17) is 15.0 Å². The van der Waals surface area contributed by atoms with Crippen molar-refractivity contribution in [2.24, 2.45) is 5.16 Å². The molecule has 2 aliphatic rings. The Hall–Kier alpha value is -3.91. The molecule has 5 heterocycles. The summed E-state index contributed by atoms with van der Waals surface area (Å²) in [6, 6.07) is 2.74. The molecule has 0 spiro atoms. The number of β-lactam (4-membered cyclic amide) rings is 1. The summed E-state index contributed by atoms with van der Waals surface area (Å²) in [5.41, 5.74) is 6.78. The van der Waals surface area contributed by atoms with Crippen LogP contribution in [0.3, 0.4) is 0 Å². The van der Waals surface area contributed by atoms with E-state index in [1.165, 1.54) is 23.8 Å². The van der Waals surface area contributed by atoms with Crippen LogP contribution in [0.2, 0.25) is 0 Å². The van der Waals surface area contributed by atoms with Crippen LogP contribution in [-0.4, -0.2) is 57.7 Å². The molecule has 12 nitrogen and oxygen atoms in total. The number of aromatic nitrogens is 2. The van der Waals surface area contributed by atoms with Crippen LogP contribution >= 0.6 is 23.1 Å². The highest BCUT2D eigenvalue weighted by Gasteiger charge is 2.53. The molecule has 3 aromatic heterocycles. The number of oxime groups is 1. The Labute approximate surface area is 212 Å². The highest BCUT2D eigenvalue weighted by Crippen LogP contribution is 2.40. The number of aryl methyl sites for hydroxylation is 1. The lowest BCUT2D eigenvalue weighted by atomic mass is 10.0. The Morgan fingerprint density at radius 1 is 1.47 bits per heavy atom. The van der Waals surface area contributed by atoms with Gasteiger partial charge in [-0.25, -0.2) is 9.55 Å². The maximum Gasteiger partial charge on any atom is 0.276 e. The lowest BCUT2D eigenvalue weighted by Gasteiger charge is -2.50. The van der Waals surface area contributed by atoms with Crippen molar-refractivity contribution in [3.8, 4) is 0 Å². The number of nitrogens with zero attached hydrogens (tertiary/aromatic N) is 4. The van der Waals surface area contributed by atoms with E-state index in [1.807, 2.05) is 23.8 Å². The summed E-state index contributed by atoms with van der Waals surface area (Å²) in [5.74, 6) is -1.60. The number of furan rings is 1. The van der Waals surface area contributed by atoms with Crippen molar-refractivity contribution in [2.75, 3.05) is 18.6 Å². The molecule has 2 amide bonds. The van der Waals surface area contributed by atoms with Gasteiger partial charge in [-0.1, -0.05) is 5.16 Å². The Balaban J connectivity index is 1.36. The van der Waals surface area contributed by atoms with Gasteiger partial charge < -0.3 is 30.2 Å². The van der Waals surface area contributed by atoms with Gasteiger partial charge in [-0.15, -0.1) is 23.1 Å². The lowest BCUT2D eigenvalue weighted by molar-refractivity contribution is -0.687. The number of anilines is 1. The number of carbonyl (C=O) groups is 3. The predicted molar refractivity (Wildman–Crippen MR) is 128 cm³/mol. The third-order valence-electron chi connectivity index (χ3n) is 5.70. The fourth-order valence-electron chi connectivity index (χ4n) is 4.18. The average Bonchev–Trinajstić information content (AvgIpc) is 3.44. The third-order valence-corrected chi connectivity index (χ3v) is 7.71. The first-order chi connectivity index (χ1) is 17.3. The summed E-state index contributed by atoms with van der Waals surface area (Å²) in [7, 11) is 1.28. The summed E-state index contributed by atoms with van der Waals surface area (Å²) in [6.07, 6.45) is 3.64. The van der Waals surface area contributed by atoms with E-state index in [9.17, 15) is 19.5 Å². The van der Waals surface area contributed by atoms with Crippen LogP contribution in [0.5, 0.6) is 0 Å². The number of nitrogens with two attached hydrogens (primary N) is 1. The number of rotatable bonds is 7. The van der Waals surface area contributed by atoms with E-state index in [1.54, 1.807) is 17.6 Å².